The molecule has 3 rings (SSSR count). The Labute approximate surface area is 232 Å². The molecule has 0 radical (unpaired) electrons. The molecule has 216 valence electrons. The maximum absolute atomic E-state index is 13.2. The summed E-state index contributed by atoms with van der Waals surface area (Å²) < 4.78 is 5.85. The molecule has 10 nitrogen and oxygen atoms in total. The Bertz CT molecular complexity index is 961. The molecule has 39 heavy (non-hydrogen) atoms. The van der Waals surface area contributed by atoms with E-state index in [0.29, 0.717) is 43.9 Å². The van der Waals surface area contributed by atoms with E-state index in [1.54, 1.807) is 24.3 Å². The third kappa shape index (κ3) is 10.5. The molecular weight excluding hydrogens is 498 g/mol. The number of likely N-dealkylation sites (tertiary alicyclic amines) is 1. The number of carbonyl (C=O) groups is 4. The van der Waals surface area contributed by atoms with Crippen molar-refractivity contribution >= 4 is 23.6 Å². The highest BCUT2D eigenvalue weighted by Crippen LogP contribution is 2.19. The van der Waals surface area contributed by atoms with Gasteiger partial charge >= 0.3 is 0 Å². The molecule has 1 fully saturated rings. The minimum Gasteiger partial charge on any atom is -0.493 e. The van der Waals surface area contributed by atoms with E-state index in [1.165, 1.54) is 25.7 Å². The van der Waals surface area contributed by atoms with Gasteiger partial charge in [0.2, 0.25) is 17.7 Å². The fraction of sp³-hybridized carbons (Fsp3) is 0.655. The number of nitrogens with zero attached hydrogens (tertiary/aromatic N) is 1. The van der Waals surface area contributed by atoms with E-state index in [2.05, 4.69) is 26.2 Å². The van der Waals surface area contributed by atoms with Crippen LogP contribution in [0, 0.1) is 5.92 Å². The number of hydrogen-bond donors (Lipinski definition) is 4. The Morgan fingerprint density at radius 2 is 1.79 bits per heavy atom. The normalized spacial score (nSPS) is 22.5. The molecule has 0 aromatic heterocycles. The highest BCUT2D eigenvalue weighted by Gasteiger charge is 2.26. The lowest BCUT2D eigenvalue weighted by Gasteiger charge is -2.23. The summed E-state index contributed by atoms with van der Waals surface area (Å²) in [5.41, 5.74) is 0.317. The minimum atomic E-state index is -0.911. The van der Waals surface area contributed by atoms with Crippen LogP contribution in [0.3, 0.4) is 0 Å². The van der Waals surface area contributed by atoms with Crippen molar-refractivity contribution in [2.24, 2.45) is 5.92 Å². The average molecular weight is 544 g/mol. The number of para-hydroxylation sites is 1. The largest absolute Gasteiger partial charge is 0.493 e. The third-order valence-electron chi connectivity index (χ3n) is 7.08. The molecule has 4 amide bonds. The van der Waals surface area contributed by atoms with Gasteiger partial charge in [-0.1, -0.05) is 38.8 Å². The highest BCUT2D eigenvalue weighted by molar-refractivity contribution is 5.99. The maximum Gasteiger partial charge on any atom is 0.255 e. The summed E-state index contributed by atoms with van der Waals surface area (Å²) in [7, 11) is 0. The molecule has 2 aliphatic rings. The van der Waals surface area contributed by atoms with Crippen LogP contribution in [0.5, 0.6) is 5.75 Å². The van der Waals surface area contributed by atoms with Crippen molar-refractivity contribution in [3.8, 4) is 5.75 Å². The molecule has 0 aliphatic carbocycles. The Kier molecular flexibility index (Phi) is 12.5. The van der Waals surface area contributed by atoms with Crippen molar-refractivity contribution in [2.45, 2.75) is 77.3 Å². The number of fused-ring (bicyclic) bond motifs is 1. The van der Waals surface area contributed by atoms with E-state index in [0.717, 1.165) is 19.6 Å². The molecule has 0 bridgehead atoms. The van der Waals surface area contributed by atoms with Crippen LogP contribution in [0.25, 0.3) is 0 Å². The molecule has 0 spiro atoms. The van der Waals surface area contributed by atoms with E-state index in [4.69, 9.17) is 4.74 Å². The predicted molar refractivity (Wildman–Crippen MR) is 149 cm³/mol. The fourth-order valence-electron chi connectivity index (χ4n) is 4.94. The van der Waals surface area contributed by atoms with Gasteiger partial charge in [-0.25, -0.2) is 0 Å². The number of carbonyl (C=O) groups excluding carboxylic acids is 4. The van der Waals surface area contributed by atoms with Crippen molar-refractivity contribution in [2.75, 3.05) is 39.3 Å². The first-order chi connectivity index (χ1) is 18.8. The summed E-state index contributed by atoms with van der Waals surface area (Å²) in [5.74, 6) is -0.722. The molecule has 0 saturated carbocycles. The molecular formula is C29H45N5O5. The SMILES string of the molecule is CC(C)C[C@H]1NC(=O)CC[C@@H](C(=O)NCCN2CCCCCC2)NC(=O)c2ccccc2OCCCNC1=O. The van der Waals surface area contributed by atoms with Gasteiger partial charge in [-0.2, -0.15) is 0 Å². The first-order valence-corrected chi connectivity index (χ1v) is 14.4. The second-order valence-corrected chi connectivity index (χ2v) is 10.9. The van der Waals surface area contributed by atoms with Gasteiger partial charge in [0.1, 0.15) is 17.8 Å². The van der Waals surface area contributed by atoms with Gasteiger partial charge in [-0.15, -0.1) is 0 Å². The fourth-order valence-corrected chi connectivity index (χ4v) is 4.94. The summed E-state index contributed by atoms with van der Waals surface area (Å²) in [6, 6.07) is 5.29. The highest BCUT2D eigenvalue weighted by atomic mass is 16.5. The van der Waals surface area contributed by atoms with Crippen molar-refractivity contribution in [1.82, 2.24) is 26.2 Å². The number of hydrogen-bond acceptors (Lipinski definition) is 6. The Balaban J connectivity index is 1.72. The van der Waals surface area contributed by atoms with Crippen LogP contribution in [0.4, 0.5) is 0 Å². The molecule has 4 N–H and O–H groups in total. The quantitative estimate of drug-likeness (QED) is 0.434. The monoisotopic (exact) mass is 543 g/mol. The Morgan fingerprint density at radius 1 is 1.05 bits per heavy atom. The Hall–Kier alpha value is -3.14. The molecule has 2 aliphatic heterocycles. The summed E-state index contributed by atoms with van der Waals surface area (Å²) in [4.78, 5) is 54.4. The van der Waals surface area contributed by atoms with Crippen molar-refractivity contribution in [1.29, 1.82) is 0 Å². The summed E-state index contributed by atoms with van der Waals surface area (Å²) in [5, 5.41) is 11.5. The van der Waals surface area contributed by atoms with Crippen LogP contribution >= 0.6 is 0 Å². The van der Waals surface area contributed by atoms with Crippen molar-refractivity contribution in [3.05, 3.63) is 29.8 Å². The van der Waals surface area contributed by atoms with Gasteiger partial charge in [0.25, 0.3) is 5.91 Å². The van der Waals surface area contributed by atoms with Crippen LogP contribution in [-0.4, -0.2) is 79.9 Å². The van der Waals surface area contributed by atoms with E-state index in [9.17, 15) is 19.2 Å². The first-order valence-electron chi connectivity index (χ1n) is 14.4. The van der Waals surface area contributed by atoms with E-state index in [1.807, 2.05) is 13.8 Å². The lowest BCUT2D eigenvalue weighted by atomic mass is 10.0. The number of ether oxygens (including phenoxy) is 1. The number of nitrogens with one attached hydrogen (secondary N) is 4. The van der Waals surface area contributed by atoms with Gasteiger partial charge in [0.05, 0.1) is 12.2 Å². The van der Waals surface area contributed by atoms with E-state index < -0.39 is 18.0 Å². The first kappa shape index (κ1) is 30.4. The van der Waals surface area contributed by atoms with Gasteiger partial charge in [0, 0.05) is 26.1 Å². The topological polar surface area (TPSA) is 129 Å². The standard InChI is InChI=1S/C29H45N5O5/c1-21(2)20-24-29(38)30-14-9-19-39-25-11-6-5-10-22(25)27(36)33-23(12-13-26(35)32-24)28(37)31-15-18-34-16-7-3-4-8-17-34/h5-6,10-11,21,23-24H,3-4,7-9,12-20H2,1-2H3,(H,30,38)(H,31,37)(H,32,35)(H,33,36)/t23-,24+/m0/s1. The van der Waals surface area contributed by atoms with Crippen LogP contribution in [0.15, 0.2) is 24.3 Å². The number of benzene rings is 1. The van der Waals surface area contributed by atoms with E-state index in [-0.39, 0.29) is 36.5 Å². The average Bonchev–Trinajstić information content (AvgIpc) is 3.18. The molecule has 10 heteroatoms. The second-order valence-electron chi connectivity index (χ2n) is 10.9. The third-order valence-corrected chi connectivity index (χ3v) is 7.08. The van der Waals surface area contributed by atoms with Crippen LogP contribution in [0.2, 0.25) is 0 Å². The molecule has 2 atom stereocenters. The van der Waals surface area contributed by atoms with Crippen molar-refractivity contribution < 1.29 is 23.9 Å². The van der Waals surface area contributed by atoms with Gasteiger partial charge in [-0.05, 0) is 63.2 Å². The lowest BCUT2D eigenvalue weighted by molar-refractivity contribution is -0.129. The minimum absolute atomic E-state index is 0.00941. The smallest absolute Gasteiger partial charge is 0.255 e. The second kappa shape index (κ2) is 16.1. The Morgan fingerprint density at radius 3 is 2.54 bits per heavy atom. The summed E-state index contributed by atoms with van der Waals surface area (Å²) in [6.45, 7) is 7.93. The number of rotatable bonds is 6. The molecule has 1 aromatic rings. The van der Waals surface area contributed by atoms with Crippen LogP contribution in [0.1, 0.15) is 75.6 Å². The van der Waals surface area contributed by atoms with Gasteiger partial charge in [-0.3, -0.25) is 19.2 Å². The lowest BCUT2D eigenvalue weighted by Crippen LogP contribution is -2.50. The molecule has 1 aromatic carbocycles. The zero-order valence-corrected chi connectivity index (χ0v) is 23.4. The van der Waals surface area contributed by atoms with Crippen molar-refractivity contribution in [3.63, 3.8) is 0 Å². The zero-order chi connectivity index (χ0) is 28.0. The maximum atomic E-state index is 13.2. The summed E-state index contributed by atoms with van der Waals surface area (Å²) >= 11 is 0. The molecule has 2 heterocycles. The van der Waals surface area contributed by atoms with Crippen LogP contribution < -0.4 is 26.0 Å². The number of amides is 4. The van der Waals surface area contributed by atoms with Gasteiger partial charge < -0.3 is 30.9 Å². The van der Waals surface area contributed by atoms with Gasteiger partial charge in [0.15, 0.2) is 0 Å². The molecule has 0 unspecified atom stereocenters. The van der Waals surface area contributed by atoms with Crippen LogP contribution in [-0.2, 0) is 14.4 Å². The molecule has 1 saturated heterocycles. The predicted octanol–water partition coefficient (Wildman–Crippen LogP) is 1.99. The van der Waals surface area contributed by atoms with E-state index >= 15 is 0 Å². The zero-order valence-electron chi connectivity index (χ0n) is 23.4. The summed E-state index contributed by atoms with van der Waals surface area (Å²) in [6.07, 6.45) is 5.94.